The molecule has 6 nitrogen and oxygen atoms in total. The average molecular weight is 325 g/mol. The van der Waals surface area contributed by atoms with Gasteiger partial charge < -0.3 is 14.9 Å². The summed E-state index contributed by atoms with van der Waals surface area (Å²) in [5, 5.41) is 16.9. The first-order chi connectivity index (χ1) is 10.7. The topological polar surface area (TPSA) is 88.2 Å². The van der Waals surface area contributed by atoms with Gasteiger partial charge in [-0.2, -0.15) is 4.98 Å². The molecular formula is C17H31N3O3. The van der Waals surface area contributed by atoms with Gasteiger partial charge in [-0.05, 0) is 32.1 Å². The van der Waals surface area contributed by atoms with Crippen molar-refractivity contribution in [2.75, 3.05) is 6.54 Å². The predicted molar refractivity (Wildman–Crippen MR) is 89.0 cm³/mol. The molecule has 1 heterocycles. The lowest BCUT2D eigenvalue weighted by atomic mass is 9.95. The number of rotatable bonds is 10. The minimum Gasteiger partial charge on any atom is -0.388 e. The zero-order valence-electron chi connectivity index (χ0n) is 15.1. The second-order valence-electron chi connectivity index (χ2n) is 7.26. The number of aryl methyl sites for hydroxylation is 1. The Morgan fingerprint density at radius 2 is 2.04 bits per heavy atom. The van der Waals surface area contributed by atoms with Crippen molar-refractivity contribution in [2.24, 2.45) is 5.92 Å². The standard InChI is InChI=1S/C17H31N3O3/c1-12(2)9-10-17(5,22)11-18-14(21)7-6-8-15-19-16(13(3)4)20-23-15/h12-13,22H,6-11H2,1-5H3,(H,18,21)/t17-/m0/s1. The molecule has 0 aliphatic carbocycles. The summed E-state index contributed by atoms with van der Waals surface area (Å²) in [6.07, 6.45) is 3.26. The van der Waals surface area contributed by atoms with Crippen molar-refractivity contribution in [3.63, 3.8) is 0 Å². The van der Waals surface area contributed by atoms with E-state index in [4.69, 9.17) is 4.52 Å². The molecule has 0 saturated heterocycles. The Bertz CT molecular complexity index is 481. The fraction of sp³-hybridized carbons (Fsp3) is 0.824. The molecule has 2 N–H and O–H groups in total. The number of carbonyl (C=O) groups is 1. The van der Waals surface area contributed by atoms with Crippen molar-refractivity contribution in [2.45, 2.75) is 78.2 Å². The number of carbonyl (C=O) groups excluding carboxylic acids is 1. The van der Waals surface area contributed by atoms with Gasteiger partial charge in [0.1, 0.15) is 0 Å². The van der Waals surface area contributed by atoms with Gasteiger partial charge >= 0.3 is 0 Å². The highest BCUT2D eigenvalue weighted by Gasteiger charge is 2.21. The number of aromatic nitrogens is 2. The zero-order valence-corrected chi connectivity index (χ0v) is 15.1. The minimum absolute atomic E-state index is 0.0570. The van der Waals surface area contributed by atoms with E-state index in [1.807, 2.05) is 13.8 Å². The second-order valence-corrected chi connectivity index (χ2v) is 7.26. The number of nitrogens with zero attached hydrogens (tertiary/aromatic N) is 2. The molecule has 0 aromatic carbocycles. The van der Waals surface area contributed by atoms with E-state index in [9.17, 15) is 9.90 Å². The average Bonchev–Trinajstić information content (AvgIpc) is 2.92. The highest BCUT2D eigenvalue weighted by Crippen LogP contribution is 2.15. The summed E-state index contributed by atoms with van der Waals surface area (Å²) in [6, 6.07) is 0. The molecule has 0 aliphatic rings. The number of amides is 1. The Kier molecular flexibility index (Phi) is 7.68. The predicted octanol–water partition coefficient (Wildman–Crippen LogP) is 2.82. The molecule has 0 radical (unpaired) electrons. The summed E-state index contributed by atoms with van der Waals surface area (Å²) in [5.74, 6) is 2.00. The fourth-order valence-electron chi connectivity index (χ4n) is 2.07. The molecular weight excluding hydrogens is 294 g/mol. The van der Waals surface area contributed by atoms with Crippen LogP contribution in [0.4, 0.5) is 0 Å². The molecule has 1 aromatic heterocycles. The summed E-state index contributed by atoms with van der Waals surface area (Å²) in [6.45, 7) is 10.3. The monoisotopic (exact) mass is 325 g/mol. The van der Waals surface area contributed by atoms with Crippen molar-refractivity contribution in [1.29, 1.82) is 0 Å². The molecule has 0 aliphatic heterocycles. The molecule has 0 unspecified atom stereocenters. The molecule has 1 rings (SSSR count). The van der Waals surface area contributed by atoms with Crippen LogP contribution >= 0.6 is 0 Å². The summed E-state index contributed by atoms with van der Waals surface area (Å²) in [4.78, 5) is 16.1. The summed E-state index contributed by atoms with van der Waals surface area (Å²) in [7, 11) is 0. The summed E-state index contributed by atoms with van der Waals surface area (Å²) >= 11 is 0. The van der Waals surface area contributed by atoms with E-state index in [1.165, 1.54) is 0 Å². The molecule has 0 bridgehead atoms. The highest BCUT2D eigenvalue weighted by atomic mass is 16.5. The second kappa shape index (κ2) is 9.01. The lowest BCUT2D eigenvalue weighted by molar-refractivity contribution is -0.122. The van der Waals surface area contributed by atoms with Crippen LogP contribution in [0, 0.1) is 5.92 Å². The maximum absolute atomic E-state index is 11.8. The van der Waals surface area contributed by atoms with E-state index < -0.39 is 5.60 Å². The first-order valence-corrected chi connectivity index (χ1v) is 8.51. The molecule has 1 amide bonds. The van der Waals surface area contributed by atoms with Gasteiger partial charge in [0.2, 0.25) is 11.8 Å². The van der Waals surface area contributed by atoms with Crippen molar-refractivity contribution < 1.29 is 14.4 Å². The smallest absolute Gasteiger partial charge is 0.226 e. The quantitative estimate of drug-likeness (QED) is 0.690. The van der Waals surface area contributed by atoms with E-state index in [1.54, 1.807) is 6.92 Å². The van der Waals surface area contributed by atoms with Crippen LogP contribution in [0.5, 0.6) is 0 Å². The Balaban J connectivity index is 2.23. The summed E-state index contributed by atoms with van der Waals surface area (Å²) < 4.78 is 5.14. The van der Waals surface area contributed by atoms with E-state index in [0.29, 0.717) is 43.3 Å². The third-order valence-corrected chi connectivity index (χ3v) is 3.72. The SMILES string of the molecule is CC(C)CC[C@](C)(O)CNC(=O)CCCc1nc(C(C)C)no1. The first-order valence-electron chi connectivity index (χ1n) is 8.51. The van der Waals surface area contributed by atoms with Crippen LogP contribution in [0.3, 0.4) is 0 Å². The minimum atomic E-state index is -0.849. The van der Waals surface area contributed by atoms with Crippen LogP contribution in [0.15, 0.2) is 4.52 Å². The van der Waals surface area contributed by atoms with E-state index in [-0.39, 0.29) is 18.4 Å². The lowest BCUT2D eigenvalue weighted by Crippen LogP contribution is -2.40. The van der Waals surface area contributed by atoms with Gasteiger partial charge in [0, 0.05) is 25.3 Å². The van der Waals surface area contributed by atoms with Crippen LogP contribution in [-0.4, -0.2) is 33.3 Å². The van der Waals surface area contributed by atoms with Crippen molar-refractivity contribution in [1.82, 2.24) is 15.5 Å². The molecule has 132 valence electrons. The Morgan fingerprint density at radius 1 is 1.35 bits per heavy atom. The number of nitrogens with one attached hydrogen (secondary N) is 1. The fourth-order valence-corrected chi connectivity index (χ4v) is 2.07. The summed E-state index contributed by atoms with van der Waals surface area (Å²) in [5.41, 5.74) is -0.849. The normalized spacial score (nSPS) is 14.3. The zero-order chi connectivity index (χ0) is 17.5. The number of hydrogen-bond donors (Lipinski definition) is 2. The van der Waals surface area contributed by atoms with E-state index in [2.05, 4.69) is 29.3 Å². The third kappa shape index (κ3) is 8.11. The molecule has 1 atom stereocenters. The number of hydrogen-bond acceptors (Lipinski definition) is 5. The molecule has 1 aromatic rings. The van der Waals surface area contributed by atoms with Gasteiger partial charge in [-0.25, -0.2) is 0 Å². The molecule has 6 heteroatoms. The maximum Gasteiger partial charge on any atom is 0.226 e. The van der Waals surface area contributed by atoms with Crippen LogP contribution in [0.1, 0.15) is 77.9 Å². The van der Waals surface area contributed by atoms with Crippen LogP contribution in [-0.2, 0) is 11.2 Å². The molecule has 23 heavy (non-hydrogen) atoms. The maximum atomic E-state index is 11.8. The van der Waals surface area contributed by atoms with Gasteiger partial charge in [-0.1, -0.05) is 32.9 Å². The van der Waals surface area contributed by atoms with Gasteiger partial charge in [-0.15, -0.1) is 0 Å². The van der Waals surface area contributed by atoms with Crippen molar-refractivity contribution >= 4 is 5.91 Å². The van der Waals surface area contributed by atoms with Gasteiger partial charge in [-0.3, -0.25) is 4.79 Å². The van der Waals surface area contributed by atoms with Gasteiger partial charge in [0.15, 0.2) is 5.82 Å². The van der Waals surface area contributed by atoms with Gasteiger partial charge in [0.05, 0.1) is 5.60 Å². The van der Waals surface area contributed by atoms with E-state index in [0.717, 1.165) is 6.42 Å². The lowest BCUT2D eigenvalue weighted by Gasteiger charge is -2.24. The van der Waals surface area contributed by atoms with Crippen LogP contribution in [0.2, 0.25) is 0 Å². The Morgan fingerprint density at radius 3 is 2.61 bits per heavy atom. The van der Waals surface area contributed by atoms with Crippen molar-refractivity contribution in [3.05, 3.63) is 11.7 Å². The Hall–Kier alpha value is -1.43. The largest absolute Gasteiger partial charge is 0.388 e. The first kappa shape index (κ1) is 19.6. The highest BCUT2D eigenvalue weighted by molar-refractivity contribution is 5.75. The van der Waals surface area contributed by atoms with Crippen LogP contribution < -0.4 is 5.32 Å². The Labute approximate surface area is 139 Å². The van der Waals surface area contributed by atoms with E-state index >= 15 is 0 Å². The van der Waals surface area contributed by atoms with Crippen LogP contribution in [0.25, 0.3) is 0 Å². The third-order valence-electron chi connectivity index (χ3n) is 3.72. The molecule has 0 saturated carbocycles. The molecule has 0 spiro atoms. The number of aliphatic hydroxyl groups is 1. The van der Waals surface area contributed by atoms with Crippen molar-refractivity contribution in [3.8, 4) is 0 Å². The van der Waals surface area contributed by atoms with Gasteiger partial charge in [0.25, 0.3) is 0 Å². The molecule has 0 fully saturated rings.